The minimum absolute atomic E-state index is 0.0163. The maximum atomic E-state index is 11.5. The van der Waals surface area contributed by atoms with Gasteiger partial charge < -0.3 is 10.2 Å². The highest BCUT2D eigenvalue weighted by molar-refractivity contribution is 6.02. The zero-order chi connectivity index (χ0) is 12.4. The second-order valence-corrected chi connectivity index (χ2v) is 4.31. The smallest absolute Gasteiger partial charge is 0.144 e. The van der Waals surface area contributed by atoms with Crippen LogP contribution in [0, 0.1) is 0 Å². The highest BCUT2D eigenvalue weighted by Gasteiger charge is 2.20. The quantitative estimate of drug-likeness (QED) is 0.570. The molecule has 0 heterocycles. The largest absolute Gasteiger partial charge is 0.392 e. The van der Waals surface area contributed by atoms with Crippen molar-refractivity contribution in [2.45, 2.75) is 32.5 Å². The molecule has 4 heteroatoms. The predicted molar refractivity (Wildman–Crippen MR) is 60.3 cm³/mol. The molecule has 0 atom stereocenters. The minimum Gasteiger partial charge on any atom is -0.392 e. The Morgan fingerprint density at radius 2 is 1.24 bits per heavy atom. The number of carbonyl (C=O) groups is 2. The SMILES string of the molecule is O=C1CC(=O)Cc2cc(CO)c(CO)cc2C1. The first kappa shape index (κ1) is 12.0. The van der Waals surface area contributed by atoms with E-state index in [1.807, 2.05) is 0 Å². The summed E-state index contributed by atoms with van der Waals surface area (Å²) in [7, 11) is 0. The lowest BCUT2D eigenvalue weighted by atomic mass is 9.96. The molecule has 0 aliphatic heterocycles. The van der Waals surface area contributed by atoms with E-state index in [2.05, 4.69) is 0 Å². The van der Waals surface area contributed by atoms with E-state index in [4.69, 9.17) is 0 Å². The zero-order valence-electron chi connectivity index (χ0n) is 9.40. The molecule has 0 bridgehead atoms. The third-order valence-corrected chi connectivity index (χ3v) is 3.03. The van der Waals surface area contributed by atoms with Gasteiger partial charge in [0.15, 0.2) is 0 Å². The number of carbonyl (C=O) groups excluding carboxylic acids is 2. The van der Waals surface area contributed by atoms with Gasteiger partial charge in [0.1, 0.15) is 11.6 Å². The predicted octanol–water partition coefficient (Wildman–Crippen LogP) is 0.298. The lowest BCUT2D eigenvalue weighted by molar-refractivity contribution is -0.125. The molecule has 0 aromatic heterocycles. The summed E-state index contributed by atoms with van der Waals surface area (Å²) in [6, 6.07) is 3.44. The summed E-state index contributed by atoms with van der Waals surface area (Å²) in [5.74, 6) is -0.177. The summed E-state index contributed by atoms with van der Waals surface area (Å²) < 4.78 is 0. The molecule has 0 radical (unpaired) electrons. The van der Waals surface area contributed by atoms with Gasteiger partial charge in [-0.15, -0.1) is 0 Å². The Kier molecular flexibility index (Phi) is 3.36. The molecule has 0 unspecified atom stereocenters. The van der Waals surface area contributed by atoms with Crippen LogP contribution in [-0.2, 0) is 35.6 Å². The van der Waals surface area contributed by atoms with Crippen LogP contribution in [-0.4, -0.2) is 21.8 Å². The lowest BCUT2D eigenvalue weighted by Crippen LogP contribution is -2.06. The second kappa shape index (κ2) is 4.77. The van der Waals surface area contributed by atoms with Gasteiger partial charge in [-0.05, 0) is 22.3 Å². The van der Waals surface area contributed by atoms with Crippen molar-refractivity contribution >= 4 is 11.6 Å². The number of aliphatic hydroxyl groups excluding tert-OH is 2. The fourth-order valence-corrected chi connectivity index (χ4v) is 2.18. The Hall–Kier alpha value is -1.52. The molecule has 0 saturated heterocycles. The van der Waals surface area contributed by atoms with Crippen molar-refractivity contribution in [3.63, 3.8) is 0 Å². The van der Waals surface area contributed by atoms with Gasteiger partial charge in [-0.2, -0.15) is 0 Å². The van der Waals surface area contributed by atoms with E-state index in [-0.39, 0.29) is 44.0 Å². The van der Waals surface area contributed by atoms with E-state index >= 15 is 0 Å². The van der Waals surface area contributed by atoms with Crippen LogP contribution < -0.4 is 0 Å². The summed E-state index contributed by atoms with van der Waals surface area (Å²) in [5.41, 5.74) is 2.82. The van der Waals surface area contributed by atoms with Crippen LogP contribution in [0.1, 0.15) is 28.7 Å². The van der Waals surface area contributed by atoms with E-state index in [9.17, 15) is 19.8 Å². The zero-order valence-corrected chi connectivity index (χ0v) is 9.40. The van der Waals surface area contributed by atoms with Crippen molar-refractivity contribution in [1.82, 2.24) is 0 Å². The van der Waals surface area contributed by atoms with Gasteiger partial charge in [0, 0.05) is 12.8 Å². The Balaban J connectivity index is 2.50. The molecule has 2 N–H and O–H groups in total. The van der Waals surface area contributed by atoms with Crippen molar-refractivity contribution in [1.29, 1.82) is 0 Å². The number of fused-ring (bicyclic) bond motifs is 1. The van der Waals surface area contributed by atoms with E-state index in [1.165, 1.54) is 0 Å². The maximum absolute atomic E-state index is 11.5. The average molecular weight is 234 g/mol. The van der Waals surface area contributed by atoms with Gasteiger partial charge in [0.2, 0.25) is 0 Å². The van der Waals surface area contributed by atoms with Gasteiger partial charge in [0.25, 0.3) is 0 Å². The fraction of sp³-hybridized carbons (Fsp3) is 0.385. The van der Waals surface area contributed by atoms with E-state index in [1.54, 1.807) is 12.1 Å². The van der Waals surface area contributed by atoms with Gasteiger partial charge in [-0.1, -0.05) is 12.1 Å². The van der Waals surface area contributed by atoms with Crippen molar-refractivity contribution < 1.29 is 19.8 Å². The van der Waals surface area contributed by atoms with Crippen molar-refractivity contribution in [2.75, 3.05) is 0 Å². The summed E-state index contributed by atoms with van der Waals surface area (Å²) in [4.78, 5) is 23.0. The third-order valence-electron chi connectivity index (χ3n) is 3.03. The summed E-state index contributed by atoms with van der Waals surface area (Å²) >= 11 is 0. The first-order chi connectivity index (χ1) is 8.13. The Morgan fingerprint density at radius 3 is 1.59 bits per heavy atom. The number of aliphatic hydroxyl groups is 2. The van der Waals surface area contributed by atoms with Crippen LogP contribution in [0.15, 0.2) is 12.1 Å². The van der Waals surface area contributed by atoms with Crippen LogP contribution in [0.4, 0.5) is 0 Å². The Labute approximate surface area is 98.9 Å². The number of ketones is 2. The molecule has 0 fully saturated rings. The molecular formula is C13H14O4. The van der Waals surface area contributed by atoms with Crippen LogP contribution >= 0.6 is 0 Å². The van der Waals surface area contributed by atoms with E-state index < -0.39 is 0 Å². The van der Waals surface area contributed by atoms with E-state index in [0.29, 0.717) is 11.1 Å². The molecule has 90 valence electrons. The normalized spacial score (nSPS) is 15.6. The Morgan fingerprint density at radius 1 is 0.824 bits per heavy atom. The van der Waals surface area contributed by atoms with Gasteiger partial charge >= 0.3 is 0 Å². The molecule has 1 aliphatic carbocycles. The molecule has 17 heavy (non-hydrogen) atoms. The van der Waals surface area contributed by atoms with Gasteiger partial charge in [-0.3, -0.25) is 9.59 Å². The first-order valence-electron chi connectivity index (χ1n) is 5.52. The number of rotatable bonds is 2. The summed E-state index contributed by atoms with van der Waals surface area (Å²) in [6.45, 7) is -0.351. The van der Waals surface area contributed by atoms with Gasteiger partial charge in [0.05, 0.1) is 19.6 Å². The fourth-order valence-electron chi connectivity index (χ4n) is 2.18. The van der Waals surface area contributed by atoms with Crippen LogP contribution in [0.25, 0.3) is 0 Å². The lowest BCUT2D eigenvalue weighted by Gasteiger charge is -2.11. The highest BCUT2D eigenvalue weighted by atomic mass is 16.3. The maximum Gasteiger partial charge on any atom is 0.144 e. The molecule has 2 rings (SSSR count). The third kappa shape index (κ3) is 2.43. The molecule has 0 saturated carbocycles. The average Bonchev–Trinajstić information content (AvgIpc) is 2.43. The van der Waals surface area contributed by atoms with Crippen LogP contribution in [0.3, 0.4) is 0 Å². The van der Waals surface area contributed by atoms with Crippen molar-refractivity contribution in [3.05, 3.63) is 34.4 Å². The van der Waals surface area contributed by atoms with Crippen LogP contribution in [0.5, 0.6) is 0 Å². The highest BCUT2D eigenvalue weighted by Crippen LogP contribution is 2.22. The Bertz CT molecular complexity index is 434. The molecule has 1 aliphatic rings. The standard InChI is InChI=1S/C13H14O4/c14-6-10-1-8-3-12(16)5-13(17)4-9(8)2-11(10)7-15/h1-2,14-15H,3-7H2. The first-order valence-corrected chi connectivity index (χ1v) is 5.52. The second-order valence-electron chi connectivity index (χ2n) is 4.31. The minimum atomic E-state index is -0.175. The van der Waals surface area contributed by atoms with Crippen LogP contribution in [0.2, 0.25) is 0 Å². The number of hydrogen-bond acceptors (Lipinski definition) is 4. The molecule has 4 nitrogen and oxygen atoms in total. The molecule has 0 amide bonds. The monoisotopic (exact) mass is 234 g/mol. The number of Topliss-reactive ketones (excluding diaryl/α,β-unsaturated/α-hetero) is 2. The molecular weight excluding hydrogens is 220 g/mol. The summed E-state index contributed by atoms with van der Waals surface area (Å²) in [5, 5.41) is 18.4. The van der Waals surface area contributed by atoms with Crippen molar-refractivity contribution in [3.8, 4) is 0 Å². The van der Waals surface area contributed by atoms with Gasteiger partial charge in [-0.25, -0.2) is 0 Å². The molecule has 1 aromatic rings. The number of hydrogen-bond donors (Lipinski definition) is 2. The van der Waals surface area contributed by atoms with Crippen molar-refractivity contribution in [2.24, 2.45) is 0 Å². The topological polar surface area (TPSA) is 74.6 Å². The molecule has 0 spiro atoms. The molecule has 1 aromatic carbocycles. The van der Waals surface area contributed by atoms with E-state index in [0.717, 1.165) is 11.1 Å². The number of benzene rings is 1. The summed E-state index contributed by atoms with van der Waals surface area (Å²) in [6.07, 6.45) is 0.456.